The van der Waals surface area contributed by atoms with Crippen LogP contribution in [0.1, 0.15) is 26.7 Å². The van der Waals surface area contributed by atoms with Crippen molar-refractivity contribution in [2.45, 2.75) is 26.7 Å². The first kappa shape index (κ1) is 11.5. The maximum Gasteiger partial charge on any atom is 0.151 e. The Balaban J connectivity index is 2.14. The molecule has 0 amide bonds. The lowest BCUT2D eigenvalue weighted by atomic mass is 9.83. The van der Waals surface area contributed by atoms with E-state index in [-0.39, 0.29) is 0 Å². The predicted molar refractivity (Wildman–Crippen MR) is 68.9 cm³/mol. The largest absolute Gasteiger partial charge is 0.396 e. The van der Waals surface area contributed by atoms with E-state index in [0.29, 0.717) is 16.1 Å². The molecule has 0 unspecified atom stereocenters. The Morgan fingerprint density at radius 1 is 1.38 bits per heavy atom. The fourth-order valence-corrected chi connectivity index (χ4v) is 2.20. The van der Waals surface area contributed by atoms with Crippen molar-refractivity contribution in [3.8, 4) is 0 Å². The van der Waals surface area contributed by atoms with Gasteiger partial charge in [-0.3, -0.25) is 0 Å². The van der Waals surface area contributed by atoms with Gasteiger partial charge in [0, 0.05) is 19.3 Å². The summed E-state index contributed by atoms with van der Waals surface area (Å²) in [6.45, 7) is 6.66. The number of rotatable bonds is 1. The van der Waals surface area contributed by atoms with Gasteiger partial charge in [-0.15, -0.1) is 0 Å². The maximum absolute atomic E-state index is 5.93. The molecule has 1 aromatic rings. The minimum atomic E-state index is 0.442. The average Bonchev–Trinajstić information content (AvgIpc) is 2.19. The van der Waals surface area contributed by atoms with E-state index in [0.717, 1.165) is 18.9 Å². The van der Waals surface area contributed by atoms with E-state index in [1.54, 1.807) is 12.3 Å². The lowest BCUT2D eigenvalue weighted by Gasteiger charge is -2.37. The van der Waals surface area contributed by atoms with Gasteiger partial charge in [0.15, 0.2) is 5.82 Å². The SMILES string of the molecule is CC1(C)CCN(c2ncc(Cl)cc2N)CC1. The van der Waals surface area contributed by atoms with Crippen LogP contribution < -0.4 is 10.6 Å². The smallest absolute Gasteiger partial charge is 0.151 e. The number of halogens is 1. The van der Waals surface area contributed by atoms with Gasteiger partial charge in [0.2, 0.25) is 0 Å². The summed E-state index contributed by atoms with van der Waals surface area (Å²) < 4.78 is 0. The van der Waals surface area contributed by atoms with Gasteiger partial charge < -0.3 is 10.6 Å². The van der Waals surface area contributed by atoms with Crippen LogP contribution in [0.15, 0.2) is 12.3 Å². The van der Waals surface area contributed by atoms with Gasteiger partial charge >= 0.3 is 0 Å². The summed E-state index contributed by atoms with van der Waals surface area (Å²) in [6, 6.07) is 1.77. The fraction of sp³-hybridized carbons (Fsp3) is 0.583. The van der Waals surface area contributed by atoms with E-state index in [1.807, 2.05) is 0 Å². The zero-order valence-electron chi connectivity index (χ0n) is 9.83. The molecule has 0 bridgehead atoms. The molecule has 0 saturated carbocycles. The molecule has 3 nitrogen and oxygen atoms in total. The quantitative estimate of drug-likeness (QED) is 0.820. The highest BCUT2D eigenvalue weighted by Gasteiger charge is 2.26. The Labute approximate surface area is 102 Å². The third-order valence-corrected chi connectivity index (χ3v) is 3.48. The van der Waals surface area contributed by atoms with Crippen LogP contribution in [0.5, 0.6) is 0 Å². The predicted octanol–water partition coefficient (Wildman–Crippen LogP) is 2.94. The van der Waals surface area contributed by atoms with Gasteiger partial charge in [0.05, 0.1) is 10.7 Å². The minimum Gasteiger partial charge on any atom is -0.396 e. The van der Waals surface area contributed by atoms with Crippen LogP contribution in [0.3, 0.4) is 0 Å². The van der Waals surface area contributed by atoms with Crippen molar-refractivity contribution in [2.24, 2.45) is 5.41 Å². The second kappa shape index (κ2) is 4.13. The molecule has 1 saturated heterocycles. The van der Waals surface area contributed by atoms with Crippen LogP contribution in [0.2, 0.25) is 5.02 Å². The van der Waals surface area contributed by atoms with Gasteiger partial charge in [0.1, 0.15) is 0 Å². The molecule has 4 heteroatoms. The molecule has 1 fully saturated rings. The minimum absolute atomic E-state index is 0.442. The van der Waals surface area contributed by atoms with Crippen LogP contribution in [0.25, 0.3) is 0 Å². The highest BCUT2D eigenvalue weighted by molar-refractivity contribution is 6.30. The fourth-order valence-electron chi connectivity index (χ4n) is 2.04. The van der Waals surface area contributed by atoms with Crippen LogP contribution in [0.4, 0.5) is 11.5 Å². The Morgan fingerprint density at radius 3 is 2.56 bits per heavy atom. The molecule has 2 N–H and O–H groups in total. The Kier molecular flexibility index (Phi) is 2.98. The van der Waals surface area contributed by atoms with Crippen LogP contribution >= 0.6 is 11.6 Å². The van der Waals surface area contributed by atoms with E-state index < -0.39 is 0 Å². The molecule has 0 spiro atoms. The van der Waals surface area contributed by atoms with Gasteiger partial charge in [-0.2, -0.15) is 0 Å². The summed E-state index contributed by atoms with van der Waals surface area (Å²) in [5.41, 5.74) is 7.05. The van der Waals surface area contributed by atoms with Gasteiger partial charge in [0.25, 0.3) is 0 Å². The lowest BCUT2D eigenvalue weighted by molar-refractivity contribution is 0.279. The molecule has 1 aliphatic heterocycles. The highest BCUT2D eigenvalue weighted by atomic mass is 35.5. The second-order valence-electron chi connectivity index (χ2n) is 5.22. The summed E-state index contributed by atoms with van der Waals surface area (Å²) in [5.74, 6) is 0.875. The normalized spacial score (nSPS) is 19.8. The van der Waals surface area contributed by atoms with E-state index in [1.165, 1.54) is 12.8 Å². The van der Waals surface area contributed by atoms with E-state index in [2.05, 4.69) is 23.7 Å². The molecule has 1 aromatic heterocycles. The molecular formula is C12H18ClN3. The number of anilines is 2. The second-order valence-corrected chi connectivity index (χ2v) is 5.65. The summed E-state index contributed by atoms with van der Waals surface area (Å²) in [6.07, 6.45) is 4.01. The van der Waals surface area contributed by atoms with Crippen molar-refractivity contribution >= 4 is 23.1 Å². The zero-order valence-corrected chi connectivity index (χ0v) is 10.6. The third kappa shape index (κ3) is 2.40. The molecular weight excluding hydrogens is 222 g/mol. The molecule has 2 rings (SSSR count). The van der Waals surface area contributed by atoms with Crippen molar-refractivity contribution in [3.05, 3.63) is 17.3 Å². The highest BCUT2D eigenvalue weighted by Crippen LogP contribution is 2.33. The lowest BCUT2D eigenvalue weighted by Crippen LogP contribution is -2.38. The topological polar surface area (TPSA) is 42.2 Å². The monoisotopic (exact) mass is 239 g/mol. The summed E-state index contributed by atoms with van der Waals surface area (Å²) in [5, 5.41) is 0.596. The number of nitrogens with zero attached hydrogens (tertiary/aromatic N) is 2. The van der Waals surface area contributed by atoms with Crippen molar-refractivity contribution < 1.29 is 0 Å². The molecule has 1 aliphatic rings. The molecule has 88 valence electrons. The van der Waals surface area contributed by atoms with Crippen LogP contribution in [-0.4, -0.2) is 18.1 Å². The van der Waals surface area contributed by atoms with Gasteiger partial charge in [-0.25, -0.2) is 4.98 Å². The molecule has 0 radical (unpaired) electrons. The van der Waals surface area contributed by atoms with E-state index in [4.69, 9.17) is 17.3 Å². The number of hydrogen-bond acceptors (Lipinski definition) is 3. The van der Waals surface area contributed by atoms with Crippen LogP contribution in [-0.2, 0) is 0 Å². The van der Waals surface area contributed by atoms with Crippen molar-refractivity contribution in [1.82, 2.24) is 4.98 Å². The number of pyridine rings is 1. The third-order valence-electron chi connectivity index (χ3n) is 3.28. The first-order chi connectivity index (χ1) is 7.48. The van der Waals surface area contributed by atoms with E-state index in [9.17, 15) is 0 Å². The van der Waals surface area contributed by atoms with Gasteiger partial charge in [-0.05, 0) is 24.3 Å². The van der Waals surface area contributed by atoms with Crippen molar-refractivity contribution in [1.29, 1.82) is 0 Å². The summed E-state index contributed by atoms with van der Waals surface area (Å²) in [4.78, 5) is 6.57. The molecule has 0 atom stereocenters. The number of nitrogen functional groups attached to an aromatic ring is 1. The number of piperidine rings is 1. The summed E-state index contributed by atoms with van der Waals surface area (Å²) in [7, 11) is 0. The molecule has 0 aliphatic carbocycles. The standard InChI is InChI=1S/C12H18ClN3/c1-12(2)3-5-16(6-4-12)11-10(14)7-9(13)8-15-11/h7-8H,3-6,14H2,1-2H3. The van der Waals surface area contributed by atoms with E-state index >= 15 is 0 Å². The Morgan fingerprint density at radius 2 is 2.00 bits per heavy atom. The molecule has 0 aromatic carbocycles. The van der Waals surface area contributed by atoms with Crippen molar-refractivity contribution in [3.63, 3.8) is 0 Å². The zero-order chi connectivity index (χ0) is 11.8. The van der Waals surface area contributed by atoms with Gasteiger partial charge in [-0.1, -0.05) is 25.4 Å². The van der Waals surface area contributed by atoms with Crippen molar-refractivity contribution in [2.75, 3.05) is 23.7 Å². The number of hydrogen-bond donors (Lipinski definition) is 1. The Bertz CT molecular complexity index is 380. The molecule has 16 heavy (non-hydrogen) atoms. The number of aromatic nitrogens is 1. The first-order valence-electron chi connectivity index (χ1n) is 5.64. The Hall–Kier alpha value is -0.960. The number of nitrogens with two attached hydrogens (primary N) is 1. The molecule has 2 heterocycles. The summed E-state index contributed by atoms with van der Waals surface area (Å²) >= 11 is 5.84. The average molecular weight is 240 g/mol. The maximum atomic E-state index is 5.93. The first-order valence-corrected chi connectivity index (χ1v) is 6.02. The van der Waals surface area contributed by atoms with Crippen LogP contribution in [0, 0.1) is 5.41 Å².